The largest absolute Gasteiger partial charge is 0.319 e. The van der Waals surface area contributed by atoms with Crippen molar-refractivity contribution in [1.29, 1.82) is 0 Å². The second kappa shape index (κ2) is 8.44. The number of amides is 1. The Balaban J connectivity index is 1.90. The van der Waals surface area contributed by atoms with E-state index in [1.54, 1.807) is 0 Å². The molecule has 2 aromatic carbocycles. The summed E-state index contributed by atoms with van der Waals surface area (Å²) in [6.45, 7) is 0.738. The molecule has 0 atom stereocenters. The van der Waals surface area contributed by atoms with Gasteiger partial charge in [-0.2, -0.15) is 4.31 Å². The molecule has 1 aliphatic rings. The van der Waals surface area contributed by atoms with E-state index in [1.165, 1.54) is 16.4 Å². The van der Waals surface area contributed by atoms with Crippen molar-refractivity contribution in [2.24, 2.45) is 0 Å². The Bertz CT molecular complexity index is 1070. The van der Waals surface area contributed by atoms with Gasteiger partial charge in [0.2, 0.25) is 10.0 Å². The van der Waals surface area contributed by atoms with Crippen LogP contribution in [0.15, 0.2) is 41.3 Å². The maximum Gasteiger partial charge on any atom is 0.271 e. The monoisotopic (exact) mass is 441 g/mol. The van der Waals surface area contributed by atoms with Gasteiger partial charge in [-0.1, -0.05) is 18.0 Å². The van der Waals surface area contributed by atoms with Crippen molar-refractivity contribution >= 4 is 38.9 Å². The molecule has 0 saturated carbocycles. The number of anilines is 1. The predicted molar refractivity (Wildman–Crippen MR) is 105 cm³/mol. The third-order valence-electron chi connectivity index (χ3n) is 4.54. The van der Waals surface area contributed by atoms with E-state index in [9.17, 15) is 27.7 Å². The lowest BCUT2D eigenvalue weighted by atomic mass is 10.2. The van der Waals surface area contributed by atoms with Crippen LogP contribution in [0.3, 0.4) is 0 Å². The zero-order chi connectivity index (χ0) is 21.2. The number of nitrogens with zero attached hydrogens (tertiary/aromatic N) is 2. The van der Waals surface area contributed by atoms with Crippen LogP contribution in [0.2, 0.25) is 5.02 Å². The van der Waals surface area contributed by atoms with Crippen LogP contribution in [0.4, 0.5) is 15.8 Å². The minimum Gasteiger partial charge on any atom is -0.319 e. The van der Waals surface area contributed by atoms with Gasteiger partial charge in [0.25, 0.3) is 11.6 Å². The Labute approximate surface area is 171 Å². The third-order valence-corrected chi connectivity index (χ3v) is 6.92. The van der Waals surface area contributed by atoms with Crippen molar-refractivity contribution in [3.8, 4) is 0 Å². The van der Waals surface area contributed by atoms with Gasteiger partial charge >= 0.3 is 0 Å². The van der Waals surface area contributed by atoms with Gasteiger partial charge in [0.05, 0.1) is 15.6 Å². The van der Waals surface area contributed by atoms with Crippen molar-refractivity contribution in [2.75, 3.05) is 18.4 Å². The van der Waals surface area contributed by atoms with E-state index in [0.717, 1.165) is 43.5 Å². The number of rotatable bonds is 5. The fourth-order valence-electron chi connectivity index (χ4n) is 3.00. The molecule has 1 amide bonds. The molecule has 0 aromatic heterocycles. The normalized spacial score (nSPS) is 15.1. The highest BCUT2D eigenvalue weighted by molar-refractivity contribution is 7.89. The van der Waals surface area contributed by atoms with Crippen LogP contribution in [0.25, 0.3) is 0 Å². The van der Waals surface area contributed by atoms with Gasteiger partial charge in [-0.15, -0.1) is 0 Å². The highest BCUT2D eigenvalue weighted by atomic mass is 35.5. The number of nitro groups is 1. The number of carbonyl (C=O) groups is 1. The first-order chi connectivity index (χ1) is 13.7. The predicted octanol–water partition coefficient (Wildman–Crippen LogP) is 3.81. The average Bonchev–Trinajstić information content (AvgIpc) is 2.70. The van der Waals surface area contributed by atoms with Crippen LogP contribution in [0, 0.1) is 15.9 Å². The summed E-state index contributed by atoms with van der Waals surface area (Å²) in [6.07, 6.45) is 2.42. The van der Waals surface area contributed by atoms with Gasteiger partial charge in [-0.05, 0) is 37.1 Å². The first-order valence-corrected chi connectivity index (χ1v) is 10.6. The van der Waals surface area contributed by atoms with E-state index in [0.29, 0.717) is 13.1 Å². The van der Waals surface area contributed by atoms with Gasteiger partial charge in [-0.25, -0.2) is 12.8 Å². The average molecular weight is 442 g/mol. The number of nitrogens with one attached hydrogen (secondary N) is 1. The highest BCUT2D eigenvalue weighted by Crippen LogP contribution is 2.28. The lowest BCUT2D eigenvalue weighted by Gasteiger charge is -2.26. The van der Waals surface area contributed by atoms with Gasteiger partial charge in [-0.3, -0.25) is 14.9 Å². The van der Waals surface area contributed by atoms with Gasteiger partial charge in [0, 0.05) is 30.8 Å². The first-order valence-electron chi connectivity index (χ1n) is 8.75. The van der Waals surface area contributed by atoms with Crippen LogP contribution >= 0.6 is 11.6 Å². The second-order valence-corrected chi connectivity index (χ2v) is 8.80. The molecular weight excluding hydrogens is 425 g/mol. The molecule has 3 rings (SSSR count). The number of benzene rings is 2. The maximum atomic E-state index is 13.9. The summed E-state index contributed by atoms with van der Waals surface area (Å²) in [5, 5.41) is 13.0. The van der Waals surface area contributed by atoms with Crippen LogP contribution < -0.4 is 5.32 Å². The molecule has 0 unspecified atom stereocenters. The number of sulfonamides is 1. The van der Waals surface area contributed by atoms with Crippen LogP contribution in [0.5, 0.6) is 0 Å². The van der Waals surface area contributed by atoms with Gasteiger partial charge in [0.15, 0.2) is 0 Å². The SMILES string of the molecule is O=C(Nc1cc([N+](=O)[O-])ccc1F)c1ccc(Cl)c(S(=O)(=O)N2CCCCC2)c1. The highest BCUT2D eigenvalue weighted by Gasteiger charge is 2.29. The molecule has 11 heteroatoms. The number of hydrogen-bond donors (Lipinski definition) is 1. The zero-order valence-corrected chi connectivity index (χ0v) is 16.7. The zero-order valence-electron chi connectivity index (χ0n) is 15.1. The quantitative estimate of drug-likeness (QED) is 0.560. The Morgan fingerprint density at radius 3 is 2.48 bits per heavy atom. The first kappa shape index (κ1) is 21.2. The van der Waals surface area contributed by atoms with Gasteiger partial charge < -0.3 is 5.32 Å². The van der Waals surface area contributed by atoms with E-state index >= 15 is 0 Å². The molecule has 1 N–H and O–H groups in total. The Hall–Kier alpha value is -2.56. The molecular formula is C18H17ClFN3O5S. The molecule has 1 heterocycles. The summed E-state index contributed by atoms with van der Waals surface area (Å²) in [5.41, 5.74) is -0.860. The molecule has 1 aliphatic heterocycles. The maximum absolute atomic E-state index is 13.9. The number of halogens is 2. The minimum atomic E-state index is -3.89. The van der Waals surface area contributed by atoms with E-state index in [4.69, 9.17) is 11.6 Å². The van der Waals surface area contributed by atoms with E-state index in [1.807, 2.05) is 0 Å². The number of piperidine rings is 1. The standard InChI is InChI=1S/C18H17ClFN3O5S/c19-14-6-4-12(10-17(14)29(27,28)22-8-2-1-3-9-22)18(24)21-16-11-13(23(25)26)5-7-15(16)20/h4-7,10-11H,1-3,8-9H2,(H,21,24). The summed E-state index contributed by atoms with van der Waals surface area (Å²) in [4.78, 5) is 22.4. The number of non-ortho nitro benzene ring substituents is 1. The molecule has 1 fully saturated rings. The van der Waals surface area contributed by atoms with Crippen LogP contribution in [0.1, 0.15) is 29.6 Å². The number of nitro benzene ring substituents is 1. The molecule has 1 saturated heterocycles. The fourth-order valence-corrected chi connectivity index (χ4v) is 5.02. The topological polar surface area (TPSA) is 110 Å². The lowest BCUT2D eigenvalue weighted by Crippen LogP contribution is -2.35. The smallest absolute Gasteiger partial charge is 0.271 e. The van der Waals surface area contributed by atoms with Crippen molar-refractivity contribution in [3.63, 3.8) is 0 Å². The Morgan fingerprint density at radius 1 is 1.14 bits per heavy atom. The Morgan fingerprint density at radius 2 is 1.83 bits per heavy atom. The summed E-state index contributed by atoms with van der Waals surface area (Å²) < 4.78 is 41.0. The summed E-state index contributed by atoms with van der Waals surface area (Å²) in [7, 11) is -3.89. The molecule has 154 valence electrons. The molecule has 2 aromatic rings. The molecule has 0 spiro atoms. The molecule has 29 heavy (non-hydrogen) atoms. The van der Waals surface area contributed by atoms with E-state index in [-0.39, 0.29) is 21.2 Å². The lowest BCUT2D eigenvalue weighted by molar-refractivity contribution is -0.384. The third kappa shape index (κ3) is 4.55. The van der Waals surface area contributed by atoms with Crippen LogP contribution in [-0.4, -0.2) is 36.6 Å². The van der Waals surface area contributed by atoms with Gasteiger partial charge in [0.1, 0.15) is 10.7 Å². The number of hydrogen-bond acceptors (Lipinski definition) is 5. The van der Waals surface area contributed by atoms with E-state index in [2.05, 4.69) is 5.32 Å². The molecule has 0 bridgehead atoms. The summed E-state index contributed by atoms with van der Waals surface area (Å²) >= 11 is 6.07. The van der Waals surface area contributed by atoms with Crippen molar-refractivity contribution in [2.45, 2.75) is 24.2 Å². The number of carbonyl (C=O) groups excluding carboxylic acids is 1. The van der Waals surface area contributed by atoms with E-state index < -0.39 is 32.4 Å². The minimum absolute atomic E-state index is 0.0337. The molecule has 0 aliphatic carbocycles. The molecule has 8 nitrogen and oxygen atoms in total. The van der Waals surface area contributed by atoms with Crippen LogP contribution in [-0.2, 0) is 10.0 Å². The summed E-state index contributed by atoms with van der Waals surface area (Å²) in [6, 6.07) is 6.41. The fraction of sp³-hybridized carbons (Fsp3) is 0.278. The second-order valence-electron chi connectivity index (χ2n) is 6.49. The Kier molecular flexibility index (Phi) is 6.15. The van der Waals surface area contributed by atoms with Crippen molar-refractivity contribution < 1.29 is 22.5 Å². The molecule has 0 radical (unpaired) electrons. The van der Waals surface area contributed by atoms with Crippen molar-refractivity contribution in [1.82, 2.24) is 4.31 Å². The van der Waals surface area contributed by atoms with Crippen molar-refractivity contribution in [3.05, 3.63) is 62.9 Å². The summed E-state index contributed by atoms with van der Waals surface area (Å²) in [5.74, 6) is -1.68.